The lowest BCUT2D eigenvalue weighted by Gasteiger charge is -2.07. The second-order valence-electron chi connectivity index (χ2n) is 5.18. The summed E-state index contributed by atoms with van der Waals surface area (Å²) in [5.41, 5.74) is 0.944. The molecule has 5 nitrogen and oxygen atoms in total. The Balaban J connectivity index is 0.000000555. The molecule has 0 radical (unpaired) electrons. The average molecular weight is 269 g/mol. The van der Waals surface area contributed by atoms with Gasteiger partial charge in [0.05, 0.1) is 18.3 Å². The lowest BCUT2D eigenvalue weighted by atomic mass is 10.1. The third-order valence-electron chi connectivity index (χ3n) is 1.79. The molecule has 1 aromatic carbocycles. The van der Waals surface area contributed by atoms with Crippen LogP contribution in [0.15, 0.2) is 24.3 Å². The number of hydrogen-bond donors (Lipinski definition) is 2. The molecule has 0 saturated heterocycles. The smallest absolute Gasteiger partial charge is 0.337 e. The highest BCUT2D eigenvalue weighted by Gasteiger charge is 2.04. The van der Waals surface area contributed by atoms with Crippen molar-refractivity contribution < 1.29 is 19.8 Å². The van der Waals surface area contributed by atoms with Crippen LogP contribution in [0.1, 0.15) is 36.7 Å². The van der Waals surface area contributed by atoms with Crippen LogP contribution in [0.2, 0.25) is 0 Å². The second-order valence-corrected chi connectivity index (χ2v) is 5.18. The minimum atomic E-state index is -0.500. The molecular formula is C14H23NO4. The maximum Gasteiger partial charge on any atom is 0.337 e. The normalized spacial score (nSPS) is 10.7. The molecule has 0 aromatic heterocycles. The summed E-state index contributed by atoms with van der Waals surface area (Å²) in [6.07, 6.45) is 0. The van der Waals surface area contributed by atoms with Crippen molar-refractivity contribution in [3.63, 3.8) is 0 Å². The molecule has 0 spiro atoms. The first-order valence-corrected chi connectivity index (χ1v) is 5.93. The Morgan fingerprint density at radius 2 is 1.68 bits per heavy atom. The molecule has 0 aliphatic carbocycles. The van der Waals surface area contributed by atoms with E-state index in [0.717, 1.165) is 10.6 Å². The van der Waals surface area contributed by atoms with Gasteiger partial charge in [0.2, 0.25) is 0 Å². The second kappa shape index (κ2) is 7.89. The van der Waals surface area contributed by atoms with Crippen LogP contribution in [0.25, 0.3) is 0 Å². The number of esters is 1. The molecule has 0 fully saturated rings. The number of hydrogen-bond acceptors (Lipinski definition) is 5. The highest BCUT2D eigenvalue weighted by atomic mass is 16.5. The van der Waals surface area contributed by atoms with Crippen LogP contribution < -0.4 is 0 Å². The van der Waals surface area contributed by atoms with E-state index in [2.05, 4.69) is 4.74 Å². The predicted octanol–water partition coefficient (Wildman–Crippen LogP) is 2.07. The van der Waals surface area contributed by atoms with E-state index < -0.39 is 5.60 Å². The summed E-state index contributed by atoms with van der Waals surface area (Å²) >= 11 is 0. The van der Waals surface area contributed by atoms with Crippen molar-refractivity contribution in [1.82, 2.24) is 5.06 Å². The fraction of sp³-hybridized carbons (Fsp3) is 0.500. The van der Waals surface area contributed by atoms with Crippen molar-refractivity contribution in [3.05, 3.63) is 35.4 Å². The van der Waals surface area contributed by atoms with Gasteiger partial charge in [0, 0.05) is 13.6 Å². The summed E-state index contributed by atoms with van der Waals surface area (Å²) in [7, 11) is 2.91. The number of aliphatic hydroxyl groups is 1. The van der Waals surface area contributed by atoms with Gasteiger partial charge in [-0.25, -0.2) is 4.79 Å². The number of nitrogens with zero attached hydrogens (tertiary/aromatic N) is 1. The molecular weight excluding hydrogens is 246 g/mol. The molecule has 1 aromatic rings. The van der Waals surface area contributed by atoms with E-state index in [-0.39, 0.29) is 5.97 Å². The molecule has 0 saturated carbocycles. The zero-order valence-electron chi connectivity index (χ0n) is 12.2. The van der Waals surface area contributed by atoms with Crippen molar-refractivity contribution in [2.45, 2.75) is 32.9 Å². The van der Waals surface area contributed by atoms with Crippen LogP contribution in [0.5, 0.6) is 0 Å². The highest BCUT2D eigenvalue weighted by molar-refractivity contribution is 5.89. The molecule has 108 valence electrons. The van der Waals surface area contributed by atoms with Crippen LogP contribution in [-0.2, 0) is 11.3 Å². The summed E-state index contributed by atoms with van der Waals surface area (Å²) in [6.45, 7) is 5.66. The van der Waals surface area contributed by atoms with Gasteiger partial charge in [0.1, 0.15) is 0 Å². The Labute approximate surface area is 114 Å². The number of carbonyl (C=O) groups excluding carboxylic acids is 1. The highest BCUT2D eigenvalue weighted by Crippen LogP contribution is 2.06. The van der Waals surface area contributed by atoms with E-state index in [1.807, 2.05) is 0 Å². The van der Waals surface area contributed by atoms with E-state index >= 15 is 0 Å². The Morgan fingerprint density at radius 1 is 1.26 bits per heavy atom. The van der Waals surface area contributed by atoms with Crippen molar-refractivity contribution in [3.8, 4) is 0 Å². The van der Waals surface area contributed by atoms with Gasteiger partial charge in [0.25, 0.3) is 0 Å². The van der Waals surface area contributed by atoms with Gasteiger partial charge >= 0.3 is 5.97 Å². The summed E-state index contributed by atoms with van der Waals surface area (Å²) < 4.78 is 4.56. The third-order valence-corrected chi connectivity index (χ3v) is 1.79. The molecule has 1 rings (SSSR count). The topological polar surface area (TPSA) is 70.0 Å². The Morgan fingerprint density at radius 3 is 2.00 bits per heavy atom. The number of methoxy groups -OCH3 is 1. The Bertz CT molecular complexity index is 373. The van der Waals surface area contributed by atoms with Crippen LogP contribution in [0.4, 0.5) is 0 Å². The van der Waals surface area contributed by atoms with E-state index in [0.29, 0.717) is 12.1 Å². The van der Waals surface area contributed by atoms with Crippen molar-refractivity contribution >= 4 is 5.97 Å². The maximum atomic E-state index is 11.1. The van der Waals surface area contributed by atoms with Crippen LogP contribution in [0, 0.1) is 0 Å². The van der Waals surface area contributed by atoms with Gasteiger partial charge in [0.15, 0.2) is 0 Å². The van der Waals surface area contributed by atoms with Crippen molar-refractivity contribution in [1.29, 1.82) is 0 Å². The molecule has 5 heteroatoms. The van der Waals surface area contributed by atoms with Gasteiger partial charge in [-0.3, -0.25) is 0 Å². The largest absolute Gasteiger partial charge is 0.465 e. The number of rotatable bonds is 3. The Hall–Kier alpha value is -1.43. The zero-order valence-corrected chi connectivity index (χ0v) is 12.2. The Kier molecular flexibility index (Phi) is 7.29. The predicted molar refractivity (Wildman–Crippen MR) is 73.0 cm³/mol. The lowest BCUT2D eigenvalue weighted by molar-refractivity contribution is -0.0731. The third kappa shape index (κ3) is 10.2. The van der Waals surface area contributed by atoms with Gasteiger partial charge in [-0.15, -0.1) is 0 Å². The summed E-state index contributed by atoms with van der Waals surface area (Å²) in [5.74, 6) is -0.353. The van der Waals surface area contributed by atoms with Crippen molar-refractivity contribution in [2.75, 3.05) is 14.2 Å². The molecule has 0 atom stereocenters. The SMILES string of the molecule is CC(C)(C)O.COC(=O)c1ccc(CN(C)O)cc1. The van der Waals surface area contributed by atoms with Gasteiger partial charge in [-0.05, 0) is 38.5 Å². The van der Waals surface area contributed by atoms with E-state index in [4.69, 9.17) is 10.3 Å². The number of hydroxylamine groups is 2. The monoisotopic (exact) mass is 269 g/mol. The van der Waals surface area contributed by atoms with Gasteiger partial charge < -0.3 is 15.1 Å². The first kappa shape index (κ1) is 17.6. The van der Waals surface area contributed by atoms with E-state index in [1.54, 1.807) is 52.1 Å². The average Bonchev–Trinajstić information content (AvgIpc) is 2.26. The summed E-state index contributed by atoms with van der Waals surface area (Å²) in [5, 5.41) is 18.6. The molecule has 2 N–H and O–H groups in total. The molecule has 19 heavy (non-hydrogen) atoms. The lowest BCUT2D eigenvalue weighted by Crippen LogP contribution is -2.11. The van der Waals surface area contributed by atoms with Crippen LogP contribution >= 0.6 is 0 Å². The number of ether oxygens (including phenoxy) is 1. The molecule has 0 bridgehead atoms. The summed E-state index contributed by atoms with van der Waals surface area (Å²) in [6, 6.07) is 6.90. The molecule has 0 heterocycles. The van der Waals surface area contributed by atoms with Gasteiger partial charge in [-0.2, -0.15) is 5.06 Å². The van der Waals surface area contributed by atoms with E-state index in [9.17, 15) is 4.79 Å². The fourth-order valence-corrected chi connectivity index (χ4v) is 1.13. The molecule has 0 unspecified atom stereocenters. The van der Waals surface area contributed by atoms with Crippen LogP contribution in [0.3, 0.4) is 0 Å². The first-order valence-electron chi connectivity index (χ1n) is 5.93. The fourth-order valence-electron chi connectivity index (χ4n) is 1.13. The zero-order chi connectivity index (χ0) is 15.1. The standard InChI is InChI=1S/C10H13NO3.C4H10O/c1-11(13)7-8-3-5-9(6-4-8)10(12)14-2;1-4(2,3)5/h3-6,13H,7H2,1-2H3;5H,1-3H3. The number of carbonyl (C=O) groups is 1. The van der Waals surface area contributed by atoms with Crippen molar-refractivity contribution in [2.24, 2.45) is 0 Å². The minimum absolute atomic E-state index is 0.353. The van der Waals surface area contributed by atoms with E-state index in [1.165, 1.54) is 7.11 Å². The first-order chi connectivity index (χ1) is 8.63. The minimum Gasteiger partial charge on any atom is -0.465 e. The number of benzene rings is 1. The van der Waals surface area contributed by atoms with Gasteiger partial charge in [-0.1, -0.05) is 12.1 Å². The molecule has 0 amide bonds. The quantitative estimate of drug-likeness (QED) is 0.649. The maximum absolute atomic E-state index is 11.1. The van der Waals surface area contributed by atoms with Crippen LogP contribution in [-0.4, -0.2) is 41.1 Å². The summed E-state index contributed by atoms with van der Waals surface area (Å²) in [4.78, 5) is 11.1. The molecule has 0 aliphatic rings. The molecule has 0 aliphatic heterocycles.